The van der Waals surface area contributed by atoms with Gasteiger partial charge in [-0.3, -0.25) is 19.2 Å². The molecule has 0 spiro atoms. The van der Waals surface area contributed by atoms with Crippen LogP contribution >= 0.6 is 22.9 Å². The molecule has 0 unspecified atom stereocenters. The summed E-state index contributed by atoms with van der Waals surface area (Å²) in [4.78, 5) is 30.4. The third kappa shape index (κ3) is 3.26. The fraction of sp³-hybridized carbons (Fsp3) is 0.235. The first-order valence-electron chi connectivity index (χ1n) is 8.11. The van der Waals surface area contributed by atoms with Gasteiger partial charge in [0.1, 0.15) is 0 Å². The number of carbonyl (C=O) groups is 2. The van der Waals surface area contributed by atoms with Crippen LogP contribution in [0.3, 0.4) is 0 Å². The van der Waals surface area contributed by atoms with Crippen molar-refractivity contribution < 1.29 is 18.0 Å². The Morgan fingerprint density at radius 3 is 2.52 bits per heavy atom. The fourth-order valence-electron chi connectivity index (χ4n) is 3.30. The van der Waals surface area contributed by atoms with E-state index >= 15 is 0 Å². The highest BCUT2D eigenvalue weighted by Crippen LogP contribution is 2.40. The van der Waals surface area contributed by atoms with Crippen molar-refractivity contribution in [3.05, 3.63) is 47.0 Å². The molecule has 2 heterocycles. The normalized spacial score (nSPS) is 22.6. The Kier molecular flexibility index (Phi) is 4.53. The molecule has 1 aliphatic heterocycles. The van der Waals surface area contributed by atoms with Crippen LogP contribution in [0, 0.1) is 11.8 Å². The predicted octanol–water partition coefficient (Wildman–Crippen LogP) is 2.97. The van der Waals surface area contributed by atoms with Gasteiger partial charge in [-0.2, -0.15) is 0 Å². The number of anilines is 2. The van der Waals surface area contributed by atoms with Crippen LogP contribution in [0.1, 0.15) is 12.8 Å². The second kappa shape index (κ2) is 6.74. The molecule has 1 aromatic heterocycles. The number of halogens is 1. The number of benzene rings is 1. The van der Waals surface area contributed by atoms with E-state index in [9.17, 15) is 18.0 Å². The number of rotatable bonds is 4. The zero-order valence-corrected chi connectivity index (χ0v) is 16.2. The number of fused-ring (bicyclic) bond motifs is 1. The van der Waals surface area contributed by atoms with Gasteiger partial charge in [0.05, 0.1) is 22.4 Å². The number of amides is 2. The summed E-state index contributed by atoms with van der Waals surface area (Å²) < 4.78 is 27.2. The van der Waals surface area contributed by atoms with Gasteiger partial charge >= 0.3 is 0 Å². The van der Waals surface area contributed by atoms with Crippen LogP contribution in [0.15, 0.2) is 51.8 Å². The molecule has 1 saturated heterocycles. The van der Waals surface area contributed by atoms with E-state index < -0.39 is 21.9 Å². The summed E-state index contributed by atoms with van der Waals surface area (Å²) in [6.45, 7) is 0. The Hall–Kier alpha value is -2.23. The maximum absolute atomic E-state index is 12.7. The maximum atomic E-state index is 12.7. The Morgan fingerprint density at radius 2 is 1.85 bits per heavy atom. The summed E-state index contributed by atoms with van der Waals surface area (Å²) in [6.07, 6.45) is 4.07. The number of imide groups is 1. The van der Waals surface area contributed by atoms with E-state index in [1.54, 1.807) is 11.5 Å². The molecule has 2 amide bonds. The van der Waals surface area contributed by atoms with Crippen LogP contribution in [-0.2, 0) is 19.6 Å². The van der Waals surface area contributed by atoms with Gasteiger partial charge in [0.2, 0.25) is 11.8 Å². The van der Waals surface area contributed by atoms with Gasteiger partial charge in [0.15, 0.2) is 5.13 Å². The van der Waals surface area contributed by atoms with Gasteiger partial charge in [0.25, 0.3) is 10.0 Å². The summed E-state index contributed by atoms with van der Waals surface area (Å²) in [5.74, 6) is -1.44. The van der Waals surface area contributed by atoms with Crippen molar-refractivity contribution >= 4 is 55.6 Å². The highest BCUT2D eigenvalue weighted by molar-refractivity contribution is 7.93. The first-order chi connectivity index (χ1) is 12.9. The van der Waals surface area contributed by atoms with Gasteiger partial charge < -0.3 is 0 Å². The number of carbonyl (C=O) groups excluding carboxylic acids is 2. The number of hydrogen-bond acceptors (Lipinski definition) is 6. The van der Waals surface area contributed by atoms with E-state index in [1.165, 1.54) is 41.8 Å². The lowest BCUT2D eigenvalue weighted by molar-refractivity contribution is -0.122. The van der Waals surface area contributed by atoms with Crippen LogP contribution in [0.5, 0.6) is 0 Å². The van der Waals surface area contributed by atoms with E-state index in [2.05, 4.69) is 9.71 Å². The smallest absolute Gasteiger partial charge is 0.263 e. The van der Waals surface area contributed by atoms with Crippen LogP contribution in [0.25, 0.3) is 0 Å². The van der Waals surface area contributed by atoms with Crippen molar-refractivity contribution in [2.75, 3.05) is 9.62 Å². The maximum Gasteiger partial charge on any atom is 0.263 e. The van der Waals surface area contributed by atoms with E-state index in [0.29, 0.717) is 23.6 Å². The van der Waals surface area contributed by atoms with Gasteiger partial charge in [-0.1, -0.05) is 17.7 Å². The third-order valence-electron chi connectivity index (χ3n) is 4.63. The average Bonchev–Trinajstić information content (AvgIpc) is 3.22. The van der Waals surface area contributed by atoms with E-state index in [4.69, 9.17) is 11.6 Å². The topological polar surface area (TPSA) is 96.4 Å². The van der Waals surface area contributed by atoms with Crippen LogP contribution in [0.2, 0.25) is 0 Å². The highest BCUT2D eigenvalue weighted by atomic mass is 35.5. The van der Waals surface area contributed by atoms with Crippen molar-refractivity contribution in [1.82, 2.24) is 4.98 Å². The average molecular weight is 424 g/mol. The molecule has 2 atom stereocenters. The van der Waals surface area contributed by atoms with Crippen molar-refractivity contribution in [1.29, 1.82) is 0 Å². The minimum atomic E-state index is -3.79. The van der Waals surface area contributed by atoms with Gasteiger partial charge in [-0.15, -0.1) is 11.3 Å². The molecule has 7 nitrogen and oxygen atoms in total. The lowest BCUT2D eigenvalue weighted by Gasteiger charge is -2.17. The molecule has 1 fully saturated rings. The Balaban J connectivity index is 1.58. The molecule has 1 aromatic carbocycles. The molecule has 0 radical (unpaired) electrons. The first kappa shape index (κ1) is 18.1. The number of nitrogens with one attached hydrogen (secondary N) is 1. The molecule has 140 valence electrons. The second-order valence-electron chi connectivity index (χ2n) is 6.25. The van der Waals surface area contributed by atoms with Gasteiger partial charge in [-0.25, -0.2) is 13.4 Å². The minimum Gasteiger partial charge on any atom is -0.274 e. The Morgan fingerprint density at radius 1 is 1.15 bits per heavy atom. The summed E-state index contributed by atoms with van der Waals surface area (Å²) in [6, 6.07) is 5.63. The van der Waals surface area contributed by atoms with Crippen molar-refractivity contribution in [2.45, 2.75) is 17.7 Å². The number of nitrogens with zero attached hydrogens (tertiary/aromatic N) is 2. The molecule has 0 saturated carbocycles. The minimum absolute atomic E-state index is 0.0164. The van der Waals surface area contributed by atoms with E-state index in [-0.39, 0.29) is 21.8 Å². The molecule has 2 aliphatic rings. The number of allylic oxidation sites excluding steroid dienone is 2. The van der Waals surface area contributed by atoms with Gasteiger partial charge in [-0.05, 0) is 37.1 Å². The summed E-state index contributed by atoms with van der Waals surface area (Å²) in [7, 11) is -3.79. The predicted molar refractivity (Wildman–Crippen MR) is 102 cm³/mol. The lowest BCUT2D eigenvalue weighted by Crippen LogP contribution is -2.30. The van der Waals surface area contributed by atoms with Crippen molar-refractivity contribution in [3.8, 4) is 0 Å². The van der Waals surface area contributed by atoms with Crippen LogP contribution < -0.4 is 9.62 Å². The first-order valence-corrected chi connectivity index (χ1v) is 10.9. The zero-order chi connectivity index (χ0) is 19.2. The molecule has 27 heavy (non-hydrogen) atoms. The largest absolute Gasteiger partial charge is 0.274 e. The van der Waals surface area contributed by atoms with Crippen LogP contribution in [-0.4, -0.2) is 25.2 Å². The fourth-order valence-corrected chi connectivity index (χ4v) is 5.35. The molecule has 0 bridgehead atoms. The quantitative estimate of drug-likeness (QED) is 0.762. The number of hydrogen-bond donors (Lipinski definition) is 1. The lowest BCUT2D eigenvalue weighted by atomic mass is 9.85. The van der Waals surface area contributed by atoms with E-state index in [1.807, 2.05) is 0 Å². The van der Waals surface area contributed by atoms with Crippen molar-refractivity contribution in [2.24, 2.45) is 11.8 Å². The van der Waals surface area contributed by atoms with Crippen molar-refractivity contribution in [3.63, 3.8) is 0 Å². The van der Waals surface area contributed by atoms with Gasteiger partial charge in [0, 0.05) is 16.6 Å². The molecule has 1 N–H and O–H groups in total. The van der Waals surface area contributed by atoms with E-state index in [0.717, 1.165) is 4.90 Å². The van der Waals surface area contributed by atoms with Crippen LogP contribution in [0.4, 0.5) is 10.8 Å². The molecule has 2 aromatic rings. The Labute approximate surface area is 164 Å². The molecular weight excluding hydrogens is 410 g/mol. The molecule has 10 heteroatoms. The molecule has 1 aliphatic carbocycles. The molecule has 4 rings (SSSR count). The summed E-state index contributed by atoms with van der Waals surface area (Å²) in [5, 5.41) is 2.51. The zero-order valence-electron chi connectivity index (χ0n) is 13.8. The second-order valence-corrected chi connectivity index (χ2v) is 9.31. The number of aromatic nitrogens is 1. The monoisotopic (exact) mass is 423 g/mol. The number of sulfonamides is 1. The standard InChI is InChI=1S/C17H14ClN3O4S2/c18-10-1-6-13-14(9-10)16(23)21(15(13)22)11-2-4-12(5-3-11)27(24,25)20-17-19-7-8-26-17/h1-5,7-8,13-14H,6,9H2,(H,19,20)/t13-,14+/m1/s1. The number of thiazole rings is 1. The summed E-state index contributed by atoms with van der Waals surface area (Å²) >= 11 is 7.19. The SMILES string of the molecule is O=C1[C@H]2CC(Cl)=CC[C@H]2C(=O)N1c1ccc(S(=O)(=O)Nc2nccs2)cc1. The Bertz CT molecular complexity index is 1030. The highest BCUT2D eigenvalue weighted by Gasteiger charge is 2.48. The summed E-state index contributed by atoms with van der Waals surface area (Å²) in [5.41, 5.74) is 0.351. The third-order valence-corrected chi connectivity index (χ3v) is 7.11. The molecular formula is C17H14ClN3O4S2.